The fourth-order valence-electron chi connectivity index (χ4n) is 5.04. The molecule has 4 rings (SSSR count). The van der Waals surface area contributed by atoms with Crippen molar-refractivity contribution in [2.75, 3.05) is 31.1 Å². The smallest absolute Gasteiger partial charge is 0.229 e. The molecule has 0 saturated carbocycles. The lowest BCUT2D eigenvalue weighted by Crippen LogP contribution is -2.44. The minimum absolute atomic E-state index is 0.0243. The fraction of sp³-hybridized carbons (Fsp3) is 0.519. The Labute approximate surface area is 191 Å². The molecule has 0 aromatic heterocycles. The minimum atomic E-state index is -0.786. The SMILES string of the molecule is Cc1cccc(C2(O)CCN(CC(O)c3ccc4c(c3)CCCN4C(=O)C(C)C)CC2)c1. The van der Waals surface area contributed by atoms with Crippen LogP contribution in [0.2, 0.25) is 0 Å². The normalized spacial score (nSPS) is 19.6. The van der Waals surface area contributed by atoms with Gasteiger partial charge in [-0.2, -0.15) is 0 Å². The van der Waals surface area contributed by atoms with Crippen molar-refractivity contribution in [1.82, 2.24) is 4.90 Å². The molecule has 1 amide bonds. The van der Waals surface area contributed by atoms with E-state index in [1.54, 1.807) is 0 Å². The van der Waals surface area contributed by atoms with Crippen LogP contribution in [0.3, 0.4) is 0 Å². The van der Waals surface area contributed by atoms with E-state index in [1.807, 2.05) is 43.0 Å². The number of fused-ring (bicyclic) bond motifs is 1. The third kappa shape index (κ3) is 4.75. The van der Waals surface area contributed by atoms with Crippen molar-refractivity contribution in [2.45, 2.75) is 58.2 Å². The minimum Gasteiger partial charge on any atom is -0.387 e. The zero-order valence-corrected chi connectivity index (χ0v) is 19.6. The van der Waals surface area contributed by atoms with E-state index in [1.165, 1.54) is 0 Å². The maximum Gasteiger partial charge on any atom is 0.229 e. The van der Waals surface area contributed by atoms with Crippen molar-refractivity contribution in [1.29, 1.82) is 0 Å². The molecule has 2 heterocycles. The number of hydrogen-bond donors (Lipinski definition) is 2. The summed E-state index contributed by atoms with van der Waals surface area (Å²) in [5.74, 6) is 0.137. The average molecular weight is 437 g/mol. The van der Waals surface area contributed by atoms with Crippen molar-refractivity contribution in [3.63, 3.8) is 0 Å². The van der Waals surface area contributed by atoms with Gasteiger partial charge in [-0.15, -0.1) is 0 Å². The van der Waals surface area contributed by atoms with E-state index in [0.29, 0.717) is 19.4 Å². The number of hydrogen-bond acceptors (Lipinski definition) is 4. The highest BCUT2D eigenvalue weighted by Gasteiger charge is 2.34. The summed E-state index contributed by atoms with van der Waals surface area (Å²) in [7, 11) is 0. The molecule has 2 aliphatic rings. The lowest BCUT2D eigenvalue weighted by Gasteiger charge is -2.39. The molecular formula is C27H36N2O3. The predicted molar refractivity (Wildman–Crippen MR) is 128 cm³/mol. The summed E-state index contributed by atoms with van der Waals surface area (Å²) in [5, 5.41) is 22.1. The number of carbonyl (C=O) groups is 1. The number of piperidine rings is 1. The van der Waals surface area contributed by atoms with Crippen LogP contribution < -0.4 is 4.90 Å². The number of anilines is 1. The zero-order valence-electron chi connectivity index (χ0n) is 19.6. The monoisotopic (exact) mass is 436 g/mol. The van der Waals surface area contributed by atoms with Gasteiger partial charge in [0.2, 0.25) is 5.91 Å². The van der Waals surface area contributed by atoms with E-state index < -0.39 is 11.7 Å². The van der Waals surface area contributed by atoms with Gasteiger partial charge in [0.15, 0.2) is 0 Å². The largest absolute Gasteiger partial charge is 0.387 e. The third-order valence-corrected chi connectivity index (χ3v) is 7.04. The average Bonchev–Trinajstić information content (AvgIpc) is 2.79. The van der Waals surface area contributed by atoms with Gasteiger partial charge in [-0.1, -0.05) is 55.8 Å². The maximum absolute atomic E-state index is 12.6. The molecule has 5 nitrogen and oxygen atoms in total. The highest BCUT2D eigenvalue weighted by molar-refractivity contribution is 5.95. The van der Waals surface area contributed by atoms with Crippen molar-refractivity contribution in [3.05, 3.63) is 64.7 Å². The van der Waals surface area contributed by atoms with E-state index >= 15 is 0 Å². The van der Waals surface area contributed by atoms with E-state index in [2.05, 4.69) is 30.0 Å². The highest BCUT2D eigenvalue weighted by atomic mass is 16.3. The molecule has 0 bridgehead atoms. The van der Waals surface area contributed by atoms with Crippen LogP contribution in [-0.4, -0.2) is 47.2 Å². The Kier molecular flexibility index (Phi) is 6.70. The Morgan fingerprint density at radius 1 is 1.09 bits per heavy atom. The molecule has 1 atom stereocenters. The molecule has 2 aromatic carbocycles. The highest BCUT2D eigenvalue weighted by Crippen LogP contribution is 2.35. The van der Waals surface area contributed by atoms with Crippen molar-refractivity contribution in [2.24, 2.45) is 5.92 Å². The molecule has 2 aliphatic heterocycles. The second kappa shape index (κ2) is 9.34. The number of likely N-dealkylation sites (tertiary alicyclic amines) is 1. The number of nitrogens with zero attached hydrogens (tertiary/aromatic N) is 2. The number of aryl methyl sites for hydroxylation is 2. The fourth-order valence-corrected chi connectivity index (χ4v) is 5.04. The Morgan fingerprint density at radius 2 is 1.84 bits per heavy atom. The van der Waals surface area contributed by atoms with Gasteiger partial charge in [-0.3, -0.25) is 4.79 Å². The van der Waals surface area contributed by atoms with Crippen LogP contribution in [0.4, 0.5) is 5.69 Å². The van der Waals surface area contributed by atoms with Crippen molar-refractivity contribution in [3.8, 4) is 0 Å². The number of aliphatic hydroxyl groups is 2. The number of carbonyl (C=O) groups excluding carboxylic acids is 1. The summed E-state index contributed by atoms with van der Waals surface area (Å²) in [4.78, 5) is 16.7. The van der Waals surface area contributed by atoms with Crippen molar-refractivity contribution >= 4 is 11.6 Å². The first-order valence-corrected chi connectivity index (χ1v) is 11.9. The number of amides is 1. The quantitative estimate of drug-likeness (QED) is 0.745. The molecule has 0 radical (unpaired) electrons. The summed E-state index contributed by atoms with van der Waals surface area (Å²) < 4.78 is 0. The van der Waals surface area contributed by atoms with Gasteiger partial charge in [-0.05, 0) is 55.4 Å². The molecule has 32 heavy (non-hydrogen) atoms. The van der Waals surface area contributed by atoms with Crippen LogP contribution >= 0.6 is 0 Å². The number of β-amino-alcohol motifs (C(OH)–C–C–N with tert-alkyl or cyclic N) is 1. The van der Waals surface area contributed by atoms with E-state index in [0.717, 1.165) is 60.4 Å². The molecule has 1 unspecified atom stereocenters. The molecule has 1 fully saturated rings. The van der Waals surface area contributed by atoms with E-state index in [9.17, 15) is 15.0 Å². The summed E-state index contributed by atoms with van der Waals surface area (Å²) in [5.41, 5.74) is 4.41. The number of aliphatic hydroxyl groups excluding tert-OH is 1. The molecular weight excluding hydrogens is 400 g/mol. The second-order valence-electron chi connectivity index (χ2n) is 9.85. The van der Waals surface area contributed by atoms with Crippen LogP contribution in [0.25, 0.3) is 0 Å². The third-order valence-electron chi connectivity index (χ3n) is 7.04. The molecule has 0 aliphatic carbocycles. The summed E-state index contributed by atoms with van der Waals surface area (Å²) in [6.45, 7) is 8.75. The van der Waals surface area contributed by atoms with Gasteiger partial charge in [0.05, 0.1) is 11.7 Å². The molecule has 2 N–H and O–H groups in total. The standard InChI is InChI=1S/C27H36N2O3/c1-19(2)26(31)29-13-5-7-21-17-22(9-10-24(21)29)25(30)18-28-14-11-27(32,12-15-28)23-8-4-6-20(3)16-23/h4,6,8-10,16-17,19,25,30,32H,5,7,11-15,18H2,1-3H3. The first-order chi connectivity index (χ1) is 15.3. The lowest BCUT2D eigenvalue weighted by molar-refractivity contribution is -0.121. The van der Waals surface area contributed by atoms with Gasteiger partial charge in [0, 0.05) is 37.8 Å². The molecule has 2 aromatic rings. The van der Waals surface area contributed by atoms with Crippen molar-refractivity contribution < 1.29 is 15.0 Å². The van der Waals surface area contributed by atoms with Crippen LogP contribution in [0, 0.1) is 12.8 Å². The maximum atomic E-state index is 12.6. The molecule has 1 saturated heterocycles. The second-order valence-corrected chi connectivity index (χ2v) is 9.85. The number of rotatable bonds is 5. The first-order valence-electron chi connectivity index (χ1n) is 11.9. The van der Waals surface area contributed by atoms with Gasteiger partial charge < -0.3 is 20.0 Å². The van der Waals surface area contributed by atoms with Gasteiger partial charge in [-0.25, -0.2) is 0 Å². The zero-order chi connectivity index (χ0) is 22.9. The Morgan fingerprint density at radius 3 is 2.53 bits per heavy atom. The molecule has 0 spiro atoms. The summed E-state index contributed by atoms with van der Waals surface area (Å²) in [6, 6.07) is 14.2. The molecule has 5 heteroatoms. The van der Waals surface area contributed by atoms with Crippen LogP contribution in [0.15, 0.2) is 42.5 Å². The predicted octanol–water partition coefficient (Wildman–Crippen LogP) is 3.95. The van der Waals surface area contributed by atoms with Gasteiger partial charge in [0.25, 0.3) is 0 Å². The van der Waals surface area contributed by atoms with E-state index in [4.69, 9.17) is 0 Å². The lowest BCUT2D eigenvalue weighted by atomic mass is 9.83. The Hall–Kier alpha value is -2.21. The molecule has 172 valence electrons. The summed E-state index contributed by atoms with van der Waals surface area (Å²) in [6.07, 6.45) is 2.64. The van der Waals surface area contributed by atoms with Gasteiger partial charge in [0.1, 0.15) is 0 Å². The number of benzene rings is 2. The van der Waals surface area contributed by atoms with Crippen LogP contribution in [0.1, 0.15) is 61.5 Å². The summed E-state index contributed by atoms with van der Waals surface area (Å²) >= 11 is 0. The topological polar surface area (TPSA) is 64.0 Å². The Balaban J connectivity index is 1.40. The van der Waals surface area contributed by atoms with Crippen LogP contribution in [-0.2, 0) is 16.8 Å². The first kappa shape index (κ1) is 23.0. The van der Waals surface area contributed by atoms with Crippen LogP contribution in [0.5, 0.6) is 0 Å². The van der Waals surface area contributed by atoms with E-state index in [-0.39, 0.29) is 11.8 Å². The van der Waals surface area contributed by atoms with Gasteiger partial charge >= 0.3 is 0 Å². The Bertz CT molecular complexity index is 963.